The number of halogens is 1. The first-order valence-corrected chi connectivity index (χ1v) is 8.08. The first-order chi connectivity index (χ1) is 12.5. The smallest absolute Gasteiger partial charge is 0.337 e. The van der Waals surface area contributed by atoms with E-state index in [1.807, 2.05) is 0 Å². The Balaban J connectivity index is 1.76. The van der Waals surface area contributed by atoms with Gasteiger partial charge < -0.3 is 19.7 Å². The van der Waals surface area contributed by atoms with Crippen molar-refractivity contribution >= 4 is 40.8 Å². The first-order valence-electron chi connectivity index (χ1n) is 7.70. The van der Waals surface area contributed by atoms with Crippen molar-refractivity contribution in [2.75, 3.05) is 30.4 Å². The Hall–Kier alpha value is -3.06. The van der Waals surface area contributed by atoms with Gasteiger partial charge in [0.05, 0.1) is 35.6 Å². The number of carbonyl (C=O) groups is 3. The Bertz CT molecular complexity index is 884. The molecule has 1 aliphatic heterocycles. The fourth-order valence-electron chi connectivity index (χ4n) is 2.57. The number of methoxy groups -OCH3 is 1. The molecule has 0 spiro atoms. The second-order valence-corrected chi connectivity index (χ2v) is 5.94. The quantitative estimate of drug-likeness (QED) is 0.653. The number of ether oxygens (including phenoxy) is 2. The standard InChI is InChI=1S/C18H15ClN2O5/c1-25-18(24)11-6-7-12(19)13(8-11)20-16(22)9-21-10-17(23)26-15-5-3-2-4-14(15)21/h2-8H,9-10H2,1H3,(H,20,22). The summed E-state index contributed by atoms with van der Waals surface area (Å²) in [5.41, 5.74) is 1.20. The molecule has 8 heteroatoms. The summed E-state index contributed by atoms with van der Waals surface area (Å²) < 4.78 is 9.80. The van der Waals surface area contributed by atoms with Gasteiger partial charge in [-0.15, -0.1) is 0 Å². The predicted octanol–water partition coefficient (Wildman–Crippen LogP) is 2.49. The van der Waals surface area contributed by atoms with Gasteiger partial charge in [-0.1, -0.05) is 23.7 Å². The Morgan fingerprint density at radius 2 is 2.04 bits per heavy atom. The third-order valence-electron chi connectivity index (χ3n) is 3.75. The van der Waals surface area contributed by atoms with Gasteiger partial charge in [-0.05, 0) is 30.3 Å². The van der Waals surface area contributed by atoms with Gasteiger partial charge in [0.1, 0.15) is 6.54 Å². The van der Waals surface area contributed by atoms with E-state index in [0.717, 1.165) is 0 Å². The number of anilines is 2. The van der Waals surface area contributed by atoms with Gasteiger partial charge in [0.25, 0.3) is 0 Å². The average molecular weight is 375 g/mol. The second-order valence-electron chi connectivity index (χ2n) is 5.53. The number of rotatable bonds is 4. The summed E-state index contributed by atoms with van der Waals surface area (Å²) in [5.74, 6) is -0.965. The lowest BCUT2D eigenvalue weighted by Gasteiger charge is -2.29. The molecule has 26 heavy (non-hydrogen) atoms. The van der Waals surface area contributed by atoms with Crippen molar-refractivity contribution in [3.05, 3.63) is 53.1 Å². The van der Waals surface area contributed by atoms with Crippen LogP contribution >= 0.6 is 11.6 Å². The lowest BCUT2D eigenvalue weighted by molar-refractivity contribution is -0.133. The Morgan fingerprint density at radius 1 is 1.27 bits per heavy atom. The molecule has 0 aliphatic carbocycles. The Kier molecular flexibility index (Phi) is 5.09. The number of benzene rings is 2. The molecule has 0 unspecified atom stereocenters. The van der Waals surface area contributed by atoms with Crippen molar-refractivity contribution < 1.29 is 23.9 Å². The van der Waals surface area contributed by atoms with E-state index in [0.29, 0.717) is 11.4 Å². The topological polar surface area (TPSA) is 84.9 Å². The van der Waals surface area contributed by atoms with E-state index < -0.39 is 17.8 Å². The minimum atomic E-state index is -0.537. The number of esters is 2. The third kappa shape index (κ3) is 3.78. The molecule has 0 aromatic heterocycles. The van der Waals surface area contributed by atoms with E-state index in [9.17, 15) is 14.4 Å². The number of carbonyl (C=O) groups excluding carboxylic acids is 3. The van der Waals surface area contributed by atoms with E-state index in [1.165, 1.54) is 25.3 Å². The monoisotopic (exact) mass is 374 g/mol. The van der Waals surface area contributed by atoms with Crippen LogP contribution in [0.25, 0.3) is 0 Å². The Labute approximate surface area is 154 Å². The summed E-state index contributed by atoms with van der Waals surface area (Å²) in [5, 5.41) is 2.93. The van der Waals surface area contributed by atoms with Crippen LogP contribution in [0.5, 0.6) is 5.75 Å². The maximum atomic E-state index is 12.4. The highest BCUT2D eigenvalue weighted by Gasteiger charge is 2.25. The predicted molar refractivity (Wildman–Crippen MR) is 95.7 cm³/mol. The van der Waals surface area contributed by atoms with Gasteiger partial charge >= 0.3 is 11.9 Å². The molecule has 1 heterocycles. The number of hydrogen-bond acceptors (Lipinski definition) is 6. The van der Waals surface area contributed by atoms with E-state index in [2.05, 4.69) is 10.1 Å². The fraction of sp³-hybridized carbons (Fsp3) is 0.167. The summed E-state index contributed by atoms with van der Waals surface area (Å²) in [6, 6.07) is 11.4. The summed E-state index contributed by atoms with van der Waals surface area (Å²) in [7, 11) is 1.27. The van der Waals surface area contributed by atoms with Crippen molar-refractivity contribution in [3.63, 3.8) is 0 Å². The fourth-order valence-corrected chi connectivity index (χ4v) is 2.74. The summed E-state index contributed by atoms with van der Waals surface area (Å²) in [4.78, 5) is 37.4. The van der Waals surface area contributed by atoms with Crippen molar-refractivity contribution in [1.82, 2.24) is 0 Å². The minimum Gasteiger partial charge on any atom is -0.465 e. The molecule has 1 amide bonds. The van der Waals surface area contributed by atoms with E-state index in [-0.39, 0.29) is 29.4 Å². The number of hydrogen-bond donors (Lipinski definition) is 1. The molecular weight excluding hydrogens is 360 g/mol. The SMILES string of the molecule is COC(=O)c1ccc(Cl)c(NC(=O)CN2CC(=O)Oc3ccccc32)c1. The molecule has 0 saturated heterocycles. The molecular formula is C18H15ClN2O5. The van der Waals surface area contributed by atoms with Gasteiger partial charge in [-0.25, -0.2) is 9.59 Å². The van der Waals surface area contributed by atoms with Crippen LogP contribution in [-0.2, 0) is 14.3 Å². The molecule has 2 aromatic carbocycles. The highest BCUT2D eigenvalue weighted by molar-refractivity contribution is 6.34. The normalized spacial score (nSPS) is 12.8. The lowest BCUT2D eigenvalue weighted by Crippen LogP contribution is -2.41. The molecule has 0 fully saturated rings. The van der Waals surface area contributed by atoms with E-state index in [4.69, 9.17) is 16.3 Å². The molecule has 0 saturated carbocycles. The van der Waals surface area contributed by atoms with Crippen LogP contribution in [0.2, 0.25) is 5.02 Å². The van der Waals surface area contributed by atoms with Crippen molar-refractivity contribution in [2.24, 2.45) is 0 Å². The maximum Gasteiger partial charge on any atom is 0.337 e. The summed E-state index contributed by atoms with van der Waals surface area (Å²) >= 11 is 6.08. The van der Waals surface area contributed by atoms with Gasteiger partial charge in [0, 0.05) is 0 Å². The molecule has 0 atom stereocenters. The zero-order valence-corrected chi connectivity index (χ0v) is 14.6. The molecule has 2 aromatic rings. The molecule has 0 bridgehead atoms. The van der Waals surface area contributed by atoms with Crippen LogP contribution in [0.4, 0.5) is 11.4 Å². The van der Waals surface area contributed by atoms with Crippen LogP contribution in [0.1, 0.15) is 10.4 Å². The molecule has 7 nitrogen and oxygen atoms in total. The molecule has 3 rings (SSSR count). The van der Waals surface area contributed by atoms with Gasteiger partial charge in [0.2, 0.25) is 5.91 Å². The van der Waals surface area contributed by atoms with Crippen molar-refractivity contribution in [3.8, 4) is 5.75 Å². The van der Waals surface area contributed by atoms with Gasteiger partial charge in [-0.3, -0.25) is 4.79 Å². The summed E-state index contributed by atoms with van der Waals surface area (Å²) in [6.07, 6.45) is 0. The highest BCUT2D eigenvalue weighted by atomic mass is 35.5. The number of fused-ring (bicyclic) bond motifs is 1. The van der Waals surface area contributed by atoms with Crippen molar-refractivity contribution in [2.45, 2.75) is 0 Å². The number of nitrogens with zero attached hydrogens (tertiary/aromatic N) is 1. The van der Waals surface area contributed by atoms with Crippen molar-refractivity contribution in [1.29, 1.82) is 0 Å². The molecule has 0 radical (unpaired) electrons. The van der Waals surface area contributed by atoms with E-state index >= 15 is 0 Å². The van der Waals surface area contributed by atoms with Gasteiger partial charge in [0.15, 0.2) is 5.75 Å². The molecule has 134 valence electrons. The van der Waals surface area contributed by atoms with E-state index in [1.54, 1.807) is 29.2 Å². The minimum absolute atomic E-state index is 0.0413. The van der Waals surface area contributed by atoms with Crippen LogP contribution in [0.3, 0.4) is 0 Å². The molecule has 1 N–H and O–H groups in total. The maximum absolute atomic E-state index is 12.4. The number of amides is 1. The second kappa shape index (κ2) is 7.45. The first kappa shape index (κ1) is 17.8. The van der Waals surface area contributed by atoms with Crippen LogP contribution in [0, 0.1) is 0 Å². The zero-order valence-electron chi connectivity index (χ0n) is 13.8. The van der Waals surface area contributed by atoms with Gasteiger partial charge in [-0.2, -0.15) is 0 Å². The number of para-hydroxylation sites is 2. The highest BCUT2D eigenvalue weighted by Crippen LogP contribution is 2.31. The van der Waals surface area contributed by atoms with Crippen LogP contribution in [-0.4, -0.2) is 38.0 Å². The number of nitrogens with one attached hydrogen (secondary N) is 1. The Morgan fingerprint density at radius 3 is 2.81 bits per heavy atom. The molecule has 1 aliphatic rings. The van der Waals surface area contributed by atoms with Crippen LogP contribution in [0.15, 0.2) is 42.5 Å². The average Bonchev–Trinajstić information content (AvgIpc) is 2.62. The largest absolute Gasteiger partial charge is 0.465 e. The summed E-state index contributed by atoms with van der Waals surface area (Å²) in [6.45, 7) is -0.120. The lowest BCUT2D eigenvalue weighted by atomic mass is 10.2. The van der Waals surface area contributed by atoms with Crippen LogP contribution < -0.4 is 15.0 Å². The third-order valence-corrected chi connectivity index (χ3v) is 4.08. The zero-order chi connectivity index (χ0) is 18.7.